The van der Waals surface area contributed by atoms with Crippen LogP contribution in [0.5, 0.6) is 0 Å². The van der Waals surface area contributed by atoms with Gasteiger partial charge in [-0.3, -0.25) is 0 Å². The Hall–Kier alpha value is -2.45. The zero-order chi connectivity index (χ0) is 21.8. The number of carbonyl (C=O) groups excluding carboxylic acids is 2. The molecule has 0 spiro atoms. The Morgan fingerprint density at radius 2 is 1.79 bits per heavy atom. The van der Waals surface area contributed by atoms with Gasteiger partial charge >= 0.3 is 18.4 Å². The van der Waals surface area contributed by atoms with Crippen molar-refractivity contribution in [2.24, 2.45) is 0 Å². The molecule has 0 aromatic heterocycles. The van der Waals surface area contributed by atoms with Crippen LogP contribution in [0.3, 0.4) is 0 Å². The van der Waals surface area contributed by atoms with Crippen molar-refractivity contribution in [2.75, 3.05) is 7.05 Å². The van der Waals surface area contributed by atoms with E-state index in [1.807, 2.05) is 0 Å². The third-order valence-electron chi connectivity index (χ3n) is 4.64. The van der Waals surface area contributed by atoms with E-state index in [9.17, 15) is 22.8 Å². The minimum atomic E-state index is -4.43. The summed E-state index contributed by atoms with van der Waals surface area (Å²) in [5.74, 6) is -0.233. The Labute approximate surface area is 168 Å². The van der Waals surface area contributed by atoms with Crippen molar-refractivity contribution in [3.8, 4) is 0 Å². The van der Waals surface area contributed by atoms with Crippen molar-refractivity contribution in [2.45, 2.75) is 69.9 Å². The second kappa shape index (κ2) is 8.92. The van der Waals surface area contributed by atoms with Crippen molar-refractivity contribution < 1.29 is 32.2 Å². The molecule has 9 heteroatoms. The Morgan fingerprint density at radius 1 is 1.10 bits per heavy atom. The smallest absolute Gasteiger partial charge is 0.416 e. The van der Waals surface area contributed by atoms with Crippen LogP contribution in [0.25, 0.3) is 0 Å². The summed E-state index contributed by atoms with van der Waals surface area (Å²) in [6.45, 7) is 5.20. The highest BCUT2D eigenvalue weighted by Crippen LogP contribution is 2.37. The number of amides is 2. The van der Waals surface area contributed by atoms with Crippen LogP contribution in [0.1, 0.15) is 57.1 Å². The molecule has 3 atom stereocenters. The van der Waals surface area contributed by atoms with Crippen LogP contribution < -0.4 is 10.6 Å². The molecule has 29 heavy (non-hydrogen) atoms. The van der Waals surface area contributed by atoms with Gasteiger partial charge in [-0.15, -0.1) is 0 Å². The SMILES string of the molecule is CNC(=O)O[C@H]1C[C@@H](c2cccc(C(F)(F)F)c2)CC[C@@H]1NC(=O)OC(C)(C)C. The summed E-state index contributed by atoms with van der Waals surface area (Å²) < 4.78 is 49.7. The number of alkyl carbamates (subject to hydrolysis) is 2. The normalized spacial score (nSPS) is 22.5. The number of rotatable bonds is 3. The molecule has 1 saturated carbocycles. The number of nitrogens with one attached hydrogen (secondary N) is 2. The minimum absolute atomic E-state index is 0.233. The second-order valence-corrected chi connectivity index (χ2v) is 8.08. The fraction of sp³-hybridized carbons (Fsp3) is 0.600. The van der Waals surface area contributed by atoms with E-state index in [-0.39, 0.29) is 12.3 Å². The van der Waals surface area contributed by atoms with Crippen LogP contribution >= 0.6 is 0 Å². The maximum atomic E-state index is 13.0. The van der Waals surface area contributed by atoms with E-state index in [2.05, 4.69) is 10.6 Å². The second-order valence-electron chi connectivity index (χ2n) is 8.08. The van der Waals surface area contributed by atoms with Crippen molar-refractivity contribution >= 4 is 12.2 Å². The lowest BCUT2D eigenvalue weighted by Crippen LogP contribution is -2.50. The summed E-state index contributed by atoms with van der Waals surface area (Å²) in [6, 6.07) is 4.67. The Balaban J connectivity index is 2.15. The summed E-state index contributed by atoms with van der Waals surface area (Å²) >= 11 is 0. The van der Waals surface area contributed by atoms with E-state index < -0.39 is 41.7 Å². The number of hydrogen-bond donors (Lipinski definition) is 2. The average molecular weight is 416 g/mol. The highest BCUT2D eigenvalue weighted by Gasteiger charge is 2.37. The maximum Gasteiger partial charge on any atom is 0.416 e. The highest BCUT2D eigenvalue weighted by molar-refractivity contribution is 5.69. The molecule has 162 valence electrons. The maximum absolute atomic E-state index is 13.0. The topological polar surface area (TPSA) is 76.7 Å². The standard InChI is InChI=1S/C20H27F3N2O4/c1-19(2,3)29-18(27)25-15-9-8-13(11-16(15)28-17(26)24-4)12-6-5-7-14(10-12)20(21,22)23/h5-7,10,13,15-16H,8-9,11H2,1-4H3,(H,24,26)(H,25,27)/t13-,15-,16-/m0/s1. The summed E-state index contributed by atoms with van der Waals surface area (Å²) in [7, 11) is 1.41. The Morgan fingerprint density at radius 3 is 2.38 bits per heavy atom. The molecule has 1 aromatic rings. The molecule has 2 N–H and O–H groups in total. The molecule has 0 radical (unpaired) electrons. The molecular weight excluding hydrogens is 389 g/mol. The zero-order valence-corrected chi connectivity index (χ0v) is 16.9. The molecule has 6 nitrogen and oxygen atoms in total. The number of alkyl halides is 3. The molecule has 0 heterocycles. The molecule has 2 amide bonds. The fourth-order valence-electron chi connectivity index (χ4n) is 3.35. The van der Waals surface area contributed by atoms with Crippen LogP contribution in [0, 0.1) is 0 Å². The molecule has 1 aliphatic carbocycles. The van der Waals surface area contributed by atoms with E-state index in [1.54, 1.807) is 26.8 Å². The number of ether oxygens (including phenoxy) is 2. The lowest BCUT2D eigenvalue weighted by atomic mass is 9.79. The lowest BCUT2D eigenvalue weighted by Gasteiger charge is -2.36. The van der Waals surface area contributed by atoms with Crippen molar-refractivity contribution in [1.29, 1.82) is 0 Å². The molecule has 1 aromatic carbocycles. The first-order chi connectivity index (χ1) is 13.4. The predicted octanol–water partition coefficient (Wildman–Crippen LogP) is 4.59. The monoisotopic (exact) mass is 416 g/mol. The van der Waals surface area contributed by atoms with Crippen LogP contribution in [0.15, 0.2) is 24.3 Å². The molecule has 1 aliphatic rings. The minimum Gasteiger partial charge on any atom is -0.444 e. The van der Waals surface area contributed by atoms with E-state index in [0.717, 1.165) is 12.1 Å². The Bertz CT molecular complexity index is 731. The van der Waals surface area contributed by atoms with Gasteiger partial charge in [-0.2, -0.15) is 13.2 Å². The van der Waals surface area contributed by atoms with Crippen LogP contribution in [-0.2, 0) is 15.7 Å². The van der Waals surface area contributed by atoms with Gasteiger partial charge in [0.1, 0.15) is 11.7 Å². The summed E-state index contributed by atoms with van der Waals surface area (Å²) in [4.78, 5) is 23.9. The molecule has 1 fully saturated rings. The van der Waals surface area contributed by atoms with E-state index in [1.165, 1.54) is 13.1 Å². The van der Waals surface area contributed by atoms with Gasteiger partial charge in [-0.05, 0) is 57.6 Å². The largest absolute Gasteiger partial charge is 0.444 e. The lowest BCUT2D eigenvalue weighted by molar-refractivity contribution is -0.137. The van der Waals surface area contributed by atoms with Gasteiger partial charge in [0.05, 0.1) is 11.6 Å². The third kappa shape index (κ3) is 6.83. The first kappa shape index (κ1) is 22.8. The fourth-order valence-corrected chi connectivity index (χ4v) is 3.35. The zero-order valence-electron chi connectivity index (χ0n) is 16.9. The van der Waals surface area contributed by atoms with Crippen LogP contribution in [0.4, 0.5) is 22.8 Å². The molecule has 0 saturated heterocycles. The first-order valence-corrected chi connectivity index (χ1v) is 9.44. The number of halogens is 3. The molecule has 0 unspecified atom stereocenters. The molecule has 0 bridgehead atoms. The van der Waals surface area contributed by atoms with E-state index >= 15 is 0 Å². The molecule has 0 aliphatic heterocycles. The highest BCUT2D eigenvalue weighted by atomic mass is 19.4. The van der Waals surface area contributed by atoms with Gasteiger partial charge in [0, 0.05) is 7.05 Å². The van der Waals surface area contributed by atoms with E-state index in [4.69, 9.17) is 9.47 Å². The van der Waals surface area contributed by atoms with Gasteiger partial charge < -0.3 is 20.1 Å². The van der Waals surface area contributed by atoms with Gasteiger partial charge in [0.15, 0.2) is 0 Å². The molecule has 2 rings (SSSR count). The van der Waals surface area contributed by atoms with Gasteiger partial charge in [-0.25, -0.2) is 9.59 Å². The summed E-state index contributed by atoms with van der Waals surface area (Å²) in [5, 5.41) is 5.07. The predicted molar refractivity (Wildman–Crippen MR) is 101 cm³/mol. The number of carbonyl (C=O) groups is 2. The summed E-state index contributed by atoms with van der Waals surface area (Å²) in [5.41, 5.74) is -0.870. The van der Waals surface area contributed by atoms with Crippen molar-refractivity contribution in [3.05, 3.63) is 35.4 Å². The summed E-state index contributed by atoms with van der Waals surface area (Å²) in [6.07, 6.45) is -5.17. The third-order valence-corrected chi connectivity index (χ3v) is 4.64. The van der Waals surface area contributed by atoms with Gasteiger partial charge in [0.25, 0.3) is 0 Å². The van der Waals surface area contributed by atoms with Gasteiger partial charge in [-0.1, -0.05) is 18.2 Å². The van der Waals surface area contributed by atoms with Crippen molar-refractivity contribution in [3.63, 3.8) is 0 Å². The quantitative estimate of drug-likeness (QED) is 0.756. The Kier molecular flexibility index (Phi) is 7.02. The van der Waals surface area contributed by atoms with Crippen LogP contribution in [0.2, 0.25) is 0 Å². The number of hydrogen-bond acceptors (Lipinski definition) is 4. The van der Waals surface area contributed by atoms with Crippen molar-refractivity contribution in [1.82, 2.24) is 10.6 Å². The first-order valence-electron chi connectivity index (χ1n) is 9.44. The number of benzene rings is 1. The van der Waals surface area contributed by atoms with Crippen LogP contribution in [-0.4, -0.2) is 37.0 Å². The average Bonchev–Trinajstić information content (AvgIpc) is 2.60. The van der Waals surface area contributed by atoms with Gasteiger partial charge in [0.2, 0.25) is 0 Å². The van der Waals surface area contributed by atoms with E-state index in [0.29, 0.717) is 18.4 Å². The molecular formula is C20H27F3N2O4.